The number of pyridine rings is 2. The standard InChI is InChI=1S/C18H22N6/c1-11-21-15-7-6-14(13-8-16(19)23-17(20)9-13)22-18(15)24(11)10-12-4-2-3-5-12/h6-9,12H,2-5,10H2,1H3,(H4,19,20,23). The van der Waals surface area contributed by atoms with E-state index >= 15 is 0 Å². The van der Waals surface area contributed by atoms with Crippen molar-refractivity contribution < 1.29 is 0 Å². The highest BCUT2D eigenvalue weighted by Gasteiger charge is 2.19. The quantitative estimate of drug-likeness (QED) is 0.772. The number of anilines is 2. The molecule has 6 nitrogen and oxygen atoms in total. The number of fused-ring (bicyclic) bond motifs is 1. The Morgan fingerprint density at radius 1 is 1.04 bits per heavy atom. The summed E-state index contributed by atoms with van der Waals surface area (Å²) < 4.78 is 2.25. The van der Waals surface area contributed by atoms with Crippen LogP contribution in [0.25, 0.3) is 22.4 Å². The van der Waals surface area contributed by atoms with E-state index in [1.807, 2.05) is 12.1 Å². The van der Waals surface area contributed by atoms with Gasteiger partial charge in [-0.15, -0.1) is 0 Å². The van der Waals surface area contributed by atoms with Gasteiger partial charge in [0.25, 0.3) is 0 Å². The second-order valence-corrected chi connectivity index (χ2v) is 6.66. The smallest absolute Gasteiger partial charge is 0.160 e. The zero-order valence-corrected chi connectivity index (χ0v) is 13.9. The van der Waals surface area contributed by atoms with E-state index in [0.29, 0.717) is 11.6 Å². The maximum atomic E-state index is 5.82. The van der Waals surface area contributed by atoms with Crippen molar-refractivity contribution >= 4 is 22.8 Å². The number of rotatable bonds is 3. The van der Waals surface area contributed by atoms with Gasteiger partial charge in [0.15, 0.2) is 5.65 Å². The van der Waals surface area contributed by atoms with Crippen LogP contribution < -0.4 is 11.5 Å². The van der Waals surface area contributed by atoms with Crippen LogP contribution in [0.4, 0.5) is 11.6 Å². The largest absolute Gasteiger partial charge is 0.384 e. The second-order valence-electron chi connectivity index (χ2n) is 6.66. The molecule has 0 spiro atoms. The van der Waals surface area contributed by atoms with Gasteiger partial charge < -0.3 is 16.0 Å². The van der Waals surface area contributed by atoms with E-state index in [2.05, 4.69) is 21.5 Å². The lowest BCUT2D eigenvalue weighted by Crippen LogP contribution is -2.09. The molecule has 1 aliphatic carbocycles. The van der Waals surface area contributed by atoms with Gasteiger partial charge in [0.2, 0.25) is 0 Å². The van der Waals surface area contributed by atoms with Crippen molar-refractivity contribution in [2.45, 2.75) is 39.2 Å². The van der Waals surface area contributed by atoms with Crippen molar-refractivity contribution in [3.8, 4) is 11.3 Å². The van der Waals surface area contributed by atoms with E-state index < -0.39 is 0 Å². The average molecular weight is 322 g/mol. The van der Waals surface area contributed by atoms with Crippen molar-refractivity contribution in [3.63, 3.8) is 0 Å². The van der Waals surface area contributed by atoms with Crippen LogP contribution in [0, 0.1) is 12.8 Å². The molecule has 3 heterocycles. The lowest BCUT2D eigenvalue weighted by molar-refractivity contribution is 0.457. The fourth-order valence-corrected chi connectivity index (χ4v) is 3.67. The monoisotopic (exact) mass is 322 g/mol. The van der Waals surface area contributed by atoms with E-state index in [1.54, 1.807) is 12.1 Å². The Morgan fingerprint density at radius 3 is 2.46 bits per heavy atom. The number of imidazole rings is 1. The molecule has 124 valence electrons. The average Bonchev–Trinajstić information content (AvgIpc) is 3.15. The second kappa shape index (κ2) is 5.78. The summed E-state index contributed by atoms with van der Waals surface area (Å²) in [6.07, 6.45) is 5.28. The molecule has 24 heavy (non-hydrogen) atoms. The predicted molar refractivity (Wildman–Crippen MR) is 96.3 cm³/mol. The zero-order chi connectivity index (χ0) is 16.7. The Balaban J connectivity index is 1.78. The van der Waals surface area contributed by atoms with Crippen LogP contribution in [0.3, 0.4) is 0 Å². The first-order chi connectivity index (χ1) is 11.6. The number of nitrogens with two attached hydrogens (primary N) is 2. The first-order valence-electron chi connectivity index (χ1n) is 8.47. The molecule has 0 atom stereocenters. The molecular weight excluding hydrogens is 300 g/mol. The summed E-state index contributed by atoms with van der Waals surface area (Å²) in [5, 5.41) is 0. The number of aromatic nitrogens is 4. The lowest BCUT2D eigenvalue weighted by Gasteiger charge is -2.12. The van der Waals surface area contributed by atoms with Gasteiger partial charge in [0.1, 0.15) is 23.0 Å². The maximum Gasteiger partial charge on any atom is 0.160 e. The fourth-order valence-electron chi connectivity index (χ4n) is 3.67. The van der Waals surface area contributed by atoms with E-state index in [0.717, 1.165) is 40.7 Å². The summed E-state index contributed by atoms with van der Waals surface area (Å²) in [4.78, 5) is 13.5. The van der Waals surface area contributed by atoms with Crippen LogP contribution >= 0.6 is 0 Å². The number of nitrogens with zero attached hydrogens (tertiary/aromatic N) is 4. The minimum absolute atomic E-state index is 0.405. The normalized spacial score (nSPS) is 15.4. The Labute approximate surface area is 140 Å². The molecule has 0 aromatic carbocycles. The van der Waals surface area contributed by atoms with Gasteiger partial charge in [-0.05, 0) is 49.9 Å². The topological polar surface area (TPSA) is 95.6 Å². The molecule has 0 radical (unpaired) electrons. The van der Waals surface area contributed by atoms with Crippen LogP contribution in [0.1, 0.15) is 31.5 Å². The molecule has 3 aromatic heterocycles. The highest BCUT2D eigenvalue weighted by Crippen LogP contribution is 2.29. The first kappa shape index (κ1) is 14.9. The summed E-state index contributed by atoms with van der Waals surface area (Å²) in [5.41, 5.74) is 15.2. The molecule has 4 N–H and O–H groups in total. The van der Waals surface area contributed by atoms with Gasteiger partial charge in [-0.2, -0.15) is 0 Å². The van der Waals surface area contributed by atoms with Gasteiger partial charge in [-0.1, -0.05) is 12.8 Å². The summed E-state index contributed by atoms with van der Waals surface area (Å²) in [6, 6.07) is 7.58. The van der Waals surface area contributed by atoms with Gasteiger partial charge >= 0.3 is 0 Å². The van der Waals surface area contributed by atoms with Crippen LogP contribution in [0.2, 0.25) is 0 Å². The molecule has 4 rings (SSSR count). The van der Waals surface area contributed by atoms with E-state index in [1.165, 1.54) is 25.7 Å². The van der Waals surface area contributed by atoms with Crippen molar-refractivity contribution in [1.29, 1.82) is 0 Å². The Bertz CT molecular complexity index is 872. The van der Waals surface area contributed by atoms with E-state index in [4.69, 9.17) is 16.5 Å². The lowest BCUT2D eigenvalue weighted by atomic mass is 10.1. The molecule has 0 unspecified atom stereocenters. The Morgan fingerprint density at radius 2 is 1.75 bits per heavy atom. The zero-order valence-electron chi connectivity index (χ0n) is 13.9. The summed E-state index contributed by atoms with van der Waals surface area (Å²) >= 11 is 0. The van der Waals surface area contributed by atoms with E-state index in [-0.39, 0.29) is 0 Å². The third-order valence-corrected chi connectivity index (χ3v) is 4.86. The predicted octanol–water partition coefficient (Wildman–Crippen LogP) is 3.16. The van der Waals surface area contributed by atoms with Crippen molar-refractivity contribution in [2.24, 2.45) is 5.92 Å². The van der Waals surface area contributed by atoms with Gasteiger partial charge in [-0.25, -0.2) is 15.0 Å². The molecule has 1 saturated carbocycles. The number of aryl methyl sites for hydroxylation is 1. The maximum absolute atomic E-state index is 5.82. The summed E-state index contributed by atoms with van der Waals surface area (Å²) in [7, 11) is 0. The van der Waals surface area contributed by atoms with Crippen LogP contribution in [-0.4, -0.2) is 19.5 Å². The van der Waals surface area contributed by atoms with Gasteiger partial charge in [0, 0.05) is 12.1 Å². The molecular formula is C18H22N6. The van der Waals surface area contributed by atoms with Crippen LogP contribution in [0.15, 0.2) is 24.3 Å². The third kappa shape index (κ3) is 2.68. The fraction of sp³-hybridized carbons (Fsp3) is 0.389. The van der Waals surface area contributed by atoms with Crippen molar-refractivity contribution in [1.82, 2.24) is 19.5 Å². The molecule has 1 aliphatic rings. The molecule has 0 saturated heterocycles. The highest BCUT2D eigenvalue weighted by molar-refractivity contribution is 5.77. The Kier molecular flexibility index (Phi) is 3.59. The molecule has 0 aliphatic heterocycles. The number of nitrogen functional groups attached to an aromatic ring is 2. The third-order valence-electron chi connectivity index (χ3n) is 4.86. The molecule has 0 amide bonds. The minimum atomic E-state index is 0.405. The molecule has 1 fully saturated rings. The SMILES string of the molecule is Cc1nc2ccc(-c3cc(N)nc(N)c3)nc2n1CC1CCCC1. The van der Waals surface area contributed by atoms with Crippen LogP contribution in [0.5, 0.6) is 0 Å². The first-order valence-corrected chi connectivity index (χ1v) is 8.47. The molecule has 3 aromatic rings. The molecule has 6 heteroatoms. The van der Waals surface area contributed by atoms with Crippen molar-refractivity contribution in [3.05, 3.63) is 30.1 Å². The van der Waals surface area contributed by atoms with Crippen molar-refractivity contribution in [2.75, 3.05) is 11.5 Å². The summed E-state index contributed by atoms with van der Waals surface area (Å²) in [6.45, 7) is 3.05. The number of hydrogen-bond donors (Lipinski definition) is 2. The number of hydrogen-bond acceptors (Lipinski definition) is 5. The highest BCUT2D eigenvalue weighted by atomic mass is 15.1. The van der Waals surface area contributed by atoms with Gasteiger partial charge in [-0.3, -0.25) is 0 Å². The molecule has 0 bridgehead atoms. The Hall–Kier alpha value is -2.63. The summed E-state index contributed by atoms with van der Waals surface area (Å²) in [5.74, 6) is 2.57. The van der Waals surface area contributed by atoms with E-state index in [9.17, 15) is 0 Å². The van der Waals surface area contributed by atoms with Gasteiger partial charge in [0.05, 0.1) is 5.69 Å². The minimum Gasteiger partial charge on any atom is -0.384 e. The van der Waals surface area contributed by atoms with Crippen LogP contribution in [-0.2, 0) is 6.54 Å².